The molecule has 2 heterocycles. The van der Waals surface area contributed by atoms with Crippen LogP contribution in [0.1, 0.15) is 61.3 Å². The first-order chi connectivity index (χ1) is 12.8. The minimum absolute atomic E-state index is 0.229. The van der Waals surface area contributed by atoms with Gasteiger partial charge in [0.1, 0.15) is 5.60 Å². The molecule has 158 valence electrons. The summed E-state index contributed by atoms with van der Waals surface area (Å²) in [5.74, 6) is 0. The maximum absolute atomic E-state index is 12.2. The molecule has 0 aromatic carbocycles. The number of nitrogens with zero attached hydrogens (tertiary/aromatic N) is 2. The van der Waals surface area contributed by atoms with Gasteiger partial charge in [0.25, 0.3) is 0 Å². The molecule has 0 atom stereocenters. The number of piperidine rings is 1. The molecular formula is C21H37BN2O4. The van der Waals surface area contributed by atoms with Crippen LogP contribution in [0.2, 0.25) is 0 Å². The van der Waals surface area contributed by atoms with E-state index in [1.165, 1.54) is 0 Å². The molecule has 0 bridgehead atoms. The molecule has 2 fully saturated rings. The standard InChI is InChI=1S/C21H37BN2O4/c1-10-16(22-27-20(5,6)21(7,8)28-22)15-23(9)17-11-13-24(14-12-17)18(25)26-19(2,3)4/h10,15,17H,1,11-14H2,2-9H3/b16-15+. The average molecular weight is 392 g/mol. The summed E-state index contributed by atoms with van der Waals surface area (Å²) in [5.41, 5.74) is -0.306. The first-order valence-corrected chi connectivity index (χ1v) is 10.2. The van der Waals surface area contributed by atoms with Crippen molar-refractivity contribution in [1.29, 1.82) is 0 Å². The van der Waals surface area contributed by atoms with Gasteiger partial charge in [0.05, 0.1) is 11.2 Å². The zero-order valence-corrected chi connectivity index (χ0v) is 18.9. The van der Waals surface area contributed by atoms with E-state index in [0.717, 1.165) is 18.3 Å². The lowest BCUT2D eigenvalue weighted by Crippen LogP contribution is -2.46. The zero-order valence-electron chi connectivity index (χ0n) is 18.9. The number of rotatable bonds is 4. The van der Waals surface area contributed by atoms with Crippen molar-refractivity contribution in [1.82, 2.24) is 9.80 Å². The minimum atomic E-state index is -0.463. The van der Waals surface area contributed by atoms with Crippen LogP contribution in [0.25, 0.3) is 0 Å². The molecule has 0 N–H and O–H groups in total. The Morgan fingerprint density at radius 3 is 2.11 bits per heavy atom. The maximum Gasteiger partial charge on any atom is 0.496 e. The van der Waals surface area contributed by atoms with Crippen LogP contribution >= 0.6 is 0 Å². The third-order valence-electron chi connectivity index (χ3n) is 5.81. The fourth-order valence-electron chi connectivity index (χ4n) is 3.31. The minimum Gasteiger partial charge on any atom is -0.444 e. The molecule has 0 aliphatic carbocycles. The lowest BCUT2D eigenvalue weighted by atomic mass is 9.78. The lowest BCUT2D eigenvalue weighted by Gasteiger charge is -2.37. The SMILES string of the molecule is C=C/C(=C\N(C)C1CCN(C(=O)OC(C)(C)C)CC1)B1OC(C)(C)C(C)(C)O1. The van der Waals surface area contributed by atoms with Gasteiger partial charge >= 0.3 is 13.2 Å². The van der Waals surface area contributed by atoms with Gasteiger partial charge < -0.3 is 23.8 Å². The molecule has 0 aromatic heterocycles. The molecule has 2 saturated heterocycles. The summed E-state index contributed by atoms with van der Waals surface area (Å²) in [6, 6.07) is 0.344. The highest BCUT2D eigenvalue weighted by molar-refractivity contribution is 6.55. The second kappa shape index (κ2) is 8.11. The predicted octanol–water partition coefficient (Wildman–Crippen LogP) is 4.02. The van der Waals surface area contributed by atoms with E-state index < -0.39 is 12.7 Å². The van der Waals surface area contributed by atoms with Crippen LogP contribution in [-0.4, -0.2) is 66.0 Å². The van der Waals surface area contributed by atoms with Crippen molar-refractivity contribution in [3.63, 3.8) is 0 Å². The van der Waals surface area contributed by atoms with Gasteiger partial charge in [-0.15, -0.1) is 0 Å². The number of hydrogen-bond donors (Lipinski definition) is 0. The Balaban J connectivity index is 1.96. The monoisotopic (exact) mass is 392 g/mol. The number of carbonyl (C=O) groups is 1. The summed E-state index contributed by atoms with van der Waals surface area (Å²) in [6.45, 7) is 19.2. The molecule has 1 amide bonds. The summed E-state index contributed by atoms with van der Waals surface area (Å²) >= 11 is 0. The molecule has 0 aromatic rings. The van der Waals surface area contributed by atoms with Crippen molar-refractivity contribution in [2.24, 2.45) is 0 Å². The fraction of sp³-hybridized carbons (Fsp3) is 0.762. The summed E-state index contributed by atoms with van der Waals surface area (Å²) in [7, 11) is 1.63. The van der Waals surface area contributed by atoms with E-state index in [-0.39, 0.29) is 17.3 Å². The maximum atomic E-state index is 12.2. The molecule has 2 aliphatic heterocycles. The average Bonchev–Trinajstić information content (AvgIpc) is 2.78. The number of carbonyl (C=O) groups excluding carboxylic acids is 1. The van der Waals surface area contributed by atoms with E-state index in [4.69, 9.17) is 14.0 Å². The summed E-state index contributed by atoms with van der Waals surface area (Å²) in [5, 5.41) is 0. The number of hydrogen-bond acceptors (Lipinski definition) is 5. The first-order valence-electron chi connectivity index (χ1n) is 10.2. The van der Waals surface area contributed by atoms with Gasteiger partial charge in [0.2, 0.25) is 0 Å². The van der Waals surface area contributed by atoms with E-state index in [0.29, 0.717) is 19.1 Å². The molecule has 0 radical (unpaired) electrons. The predicted molar refractivity (Wildman–Crippen MR) is 113 cm³/mol. The molecule has 0 spiro atoms. The van der Waals surface area contributed by atoms with Crippen LogP contribution < -0.4 is 0 Å². The van der Waals surface area contributed by atoms with Crippen molar-refractivity contribution < 1.29 is 18.8 Å². The Bertz CT molecular complexity index is 600. The molecule has 7 heteroatoms. The van der Waals surface area contributed by atoms with Gasteiger partial charge in [-0.2, -0.15) is 0 Å². The molecule has 0 unspecified atom stereocenters. The van der Waals surface area contributed by atoms with E-state index in [1.54, 1.807) is 11.0 Å². The van der Waals surface area contributed by atoms with Gasteiger partial charge in [0, 0.05) is 26.2 Å². The number of ether oxygens (including phenoxy) is 1. The molecular weight excluding hydrogens is 355 g/mol. The van der Waals surface area contributed by atoms with E-state index in [2.05, 4.69) is 24.7 Å². The number of likely N-dealkylation sites (tertiary alicyclic amines) is 1. The van der Waals surface area contributed by atoms with Crippen LogP contribution in [-0.2, 0) is 14.0 Å². The second-order valence-corrected chi connectivity index (χ2v) is 9.79. The summed E-state index contributed by atoms with van der Waals surface area (Å²) < 4.78 is 17.8. The van der Waals surface area contributed by atoms with Gasteiger partial charge in [-0.05, 0) is 73.0 Å². The Morgan fingerprint density at radius 1 is 1.18 bits per heavy atom. The third-order valence-corrected chi connectivity index (χ3v) is 5.81. The normalized spacial score (nSPS) is 22.9. The van der Waals surface area contributed by atoms with Crippen molar-refractivity contribution in [2.75, 3.05) is 20.1 Å². The summed E-state index contributed by atoms with van der Waals surface area (Å²) in [6.07, 6.45) is 5.41. The van der Waals surface area contributed by atoms with Crippen molar-refractivity contribution >= 4 is 13.2 Å². The van der Waals surface area contributed by atoms with Gasteiger partial charge in [-0.25, -0.2) is 4.79 Å². The van der Waals surface area contributed by atoms with Crippen LogP contribution in [0.4, 0.5) is 4.79 Å². The van der Waals surface area contributed by atoms with Gasteiger partial charge in [-0.3, -0.25) is 0 Å². The van der Waals surface area contributed by atoms with Crippen LogP contribution in [0, 0.1) is 0 Å². The summed E-state index contributed by atoms with van der Waals surface area (Å²) in [4.78, 5) is 16.2. The number of amides is 1. The molecule has 6 nitrogen and oxygen atoms in total. The largest absolute Gasteiger partial charge is 0.496 e. The third kappa shape index (κ3) is 5.32. The topological polar surface area (TPSA) is 51.2 Å². The van der Waals surface area contributed by atoms with E-state index in [1.807, 2.05) is 48.5 Å². The number of allylic oxidation sites excluding steroid dienone is 2. The van der Waals surface area contributed by atoms with Gasteiger partial charge in [0.15, 0.2) is 0 Å². The Kier molecular flexibility index (Phi) is 6.61. The Labute approximate surface area is 171 Å². The van der Waals surface area contributed by atoms with Crippen molar-refractivity contribution in [3.05, 3.63) is 24.3 Å². The van der Waals surface area contributed by atoms with E-state index >= 15 is 0 Å². The first kappa shape index (κ1) is 22.8. The fourth-order valence-corrected chi connectivity index (χ4v) is 3.31. The zero-order chi connectivity index (χ0) is 21.3. The molecule has 28 heavy (non-hydrogen) atoms. The molecule has 2 aliphatic rings. The van der Waals surface area contributed by atoms with Gasteiger partial charge in [-0.1, -0.05) is 12.7 Å². The van der Waals surface area contributed by atoms with Crippen molar-refractivity contribution in [3.8, 4) is 0 Å². The van der Waals surface area contributed by atoms with Crippen molar-refractivity contribution in [2.45, 2.75) is 84.2 Å². The second-order valence-electron chi connectivity index (χ2n) is 9.79. The Morgan fingerprint density at radius 2 is 1.68 bits per heavy atom. The highest BCUT2D eigenvalue weighted by atomic mass is 16.7. The highest BCUT2D eigenvalue weighted by Crippen LogP contribution is 2.38. The van der Waals surface area contributed by atoms with Crippen LogP contribution in [0.3, 0.4) is 0 Å². The van der Waals surface area contributed by atoms with Crippen LogP contribution in [0.5, 0.6) is 0 Å². The van der Waals surface area contributed by atoms with E-state index in [9.17, 15) is 4.79 Å². The lowest BCUT2D eigenvalue weighted by molar-refractivity contribution is 0.00578. The quantitative estimate of drug-likeness (QED) is 0.534. The molecule has 2 rings (SSSR count). The highest BCUT2D eigenvalue weighted by Gasteiger charge is 2.52. The Hall–Kier alpha value is -1.47. The molecule has 0 saturated carbocycles. The van der Waals surface area contributed by atoms with Crippen LogP contribution in [0.15, 0.2) is 24.3 Å². The smallest absolute Gasteiger partial charge is 0.444 e.